The van der Waals surface area contributed by atoms with Gasteiger partial charge in [0.1, 0.15) is 11.6 Å². The van der Waals surface area contributed by atoms with Gasteiger partial charge >= 0.3 is 12.2 Å². The van der Waals surface area contributed by atoms with Crippen molar-refractivity contribution in [2.75, 3.05) is 20.6 Å². The first-order valence-electron chi connectivity index (χ1n) is 6.73. The Morgan fingerprint density at radius 2 is 1.71 bits per heavy atom. The molecule has 0 bridgehead atoms. The fraction of sp³-hybridized carbons (Fsp3) is 0.786. The molecule has 0 aromatic rings. The molecule has 0 unspecified atom stereocenters. The maximum Gasteiger partial charge on any atom is 0.410 e. The molecule has 0 aliphatic carbocycles. The average molecular weight is 300 g/mol. The maximum atomic E-state index is 12.1. The minimum atomic E-state index is -0.533. The number of rotatable bonds is 1. The van der Waals surface area contributed by atoms with Crippen LogP contribution in [0.15, 0.2) is 0 Å². The molecule has 0 spiro atoms. The Balaban J connectivity index is 0.00000122. The molecular weight excluding hydrogens is 276 g/mol. The predicted molar refractivity (Wildman–Crippen MR) is 74.2 cm³/mol. The molecule has 1 saturated heterocycles. The molecule has 1 fully saturated rings. The first kappa shape index (κ1) is 19.1. The maximum absolute atomic E-state index is 12.1. The number of carbonyl (C=O) groups is 2. The van der Waals surface area contributed by atoms with Crippen molar-refractivity contribution >= 4 is 18.2 Å². The monoisotopic (exact) mass is 300 g/mol. The van der Waals surface area contributed by atoms with E-state index in [-0.39, 0.29) is 18.1 Å². The molecule has 1 aliphatic heterocycles. The van der Waals surface area contributed by atoms with Crippen LogP contribution in [-0.4, -0.2) is 60.2 Å². The number of carbonyl (C=O) groups excluding carboxylic acids is 4. The first-order valence-corrected chi connectivity index (χ1v) is 6.73. The molecule has 0 radical (unpaired) electrons. The number of amides is 2. The summed E-state index contributed by atoms with van der Waals surface area (Å²) in [6.07, 6.45) is 0.558. The third kappa shape index (κ3) is 6.40. The predicted octanol–water partition coefficient (Wildman–Crippen LogP) is 1.14. The van der Waals surface area contributed by atoms with E-state index in [4.69, 9.17) is 14.3 Å². The van der Waals surface area contributed by atoms with Crippen molar-refractivity contribution in [1.82, 2.24) is 9.80 Å². The lowest BCUT2D eigenvalue weighted by atomic mass is 10.1. The Labute approximate surface area is 125 Å². The summed E-state index contributed by atoms with van der Waals surface area (Å²) in [6.45, 7) is 8.10. The van der Waals surface area contributed by atoms with E-state index >= 15 is 0 Å². The molecular formula is C14H24N2O5. The van der Waals surface area contributed by atoms with Crippen LogP contribution in [0.25, 0.3) is 0 Å². The van der Waals surface area contributed by atoms with E-state index in [0.29, 0.717) is 18.9 Å². The minimum Gasteiger partial charge on any atom is -0.444 e. The smallest absolute Gasteiger partial charge is 0.410 e. The van der Waals surface area contributed by atoms with Gasteiger partial charge in [0, 0.05) is 20.6 Å². The molecule has 7 nitrogen and oxygen atoms in total. The van der Waals surface area contributed by atoms with Gasteiger partial charge in [-0.25, -0.2) is 4.79 Å². The van der Waals surface area contributed by atoms with Gasteiger partial charge in [0.05, 0.1) is 0 Å². The largest absolute Gasteiger partial charge is 0.444 e. The Bertz CT molecular complexity index is 408. The van der Waals surface area contributed by atoms with E-state index in [1.807, 2.05) is 27.7 Å². The first-order chi connectivity index (χ1) is 9.53. The standard InChI is InChI=1S/C13H24N2O3.CO2/c1-9-7-10(11(16)14(5)6)15(8-9)12(17)18-13(2,3)4;2-1-3/h9-10H,7-8H2,1-6H3;/t9-,10-;/m0./s1. The van der Waals surface area contributed by atoms with Crippen molar-refractivity contribution in [2.45, 2.75) is 45.8 Å². The van der Waals surface area contributed by atoms with Gasteiger partial charge in [-0.15, -0.1) is 0 Å². The summed E-state index contributed by atoms with van der Waals surface area (Å²) in [5.74, 6) is 0.289. The molecule has 0 saturated carbocycles. The summed E-state index contributed by atoms with van der Waals surface area (Å²) in [4.78, 5) is 43.5. The van der Waals surface area contributed by atoms with Crippen LogP contribution in [0.3, 0.4) is 0 Å². The highest BCUT2D eigenvalue weighted by molar-refractivity contribution is 5.86. The molecule has 1 rings (SSSR count). The van der Waals surface area contributed by atoms with Crippen LogP contribution in [0.4, 0.5) is 4.79 Å². The normalized spacial score (nSPS) is 21.0. The van der Waals surface area contributed by atoms with Crippen LogP contribution in [-0.2, 0) is 19.1 Å². The molecule has 120 valence electrons. The van der Waals surface area contributed by atoms with Gasteiger partial charge in [-0.2, -0.15) is 9.59 Å². The van der Waals surface area contributed by atoms with Crippen molar-refractivity contribution in [3.63, 3.8) is 0 Å². The van der Waals surface area contributed by atoms with Gasteiger partial charge < -0.3 is 9.64 Å². The van der Waals surface area contributed by atoms with Crippen LogP contribution in [0.1, 0.15) is 34.1 Å². The quantitative estimate of drug-likeness (QED) is 0.725. The summed E-state index contributed by atoms with van der Waals surface area (Å²) < 4.78 is 5.35. The van der Waals surface area contributed by atoms with E-state index < -0.39 is 11.7 Å². The third-order valence-corrected chi connectivity index (χ3v) is 2.86. The zero-order valence-corrected chi connectivity index (χ0v) is 13.5. The van der Waals surface area contributed by atoms with Crippen molar-refractivity contribution in [3.8, 4) is 0 Å². The summed E-state index contributed by atoms with van der Waals surface area (Å²) in [5, 5.41) is 0. The molecule has 21 heavy (non-hydrogen) atoms. The molecule has 2 atom stereocenters. The summed E-state index contributed by atoms with van der Waals surface area (Å²) in [7, 11) is 3.41. The van der Waals surface area contributed by atoms with Crippen LogP contribution in [0.5, 0.6) is 0 Å². The Kier molecular flexibility index (Phi) is 7.09. The van der Waals surface area contributed by atoms with E-state index in [9.17, 15) is 9.59 Å². The zero-order chi connectivity index (χ0) is 16.8. The Hall–Kier alpha value is -1.88. The molecule has 0 aromatic heterocycles. The van der Waals surface area contributed by atoms with Crippen molar-refractivity contribution in [3.05, 3.63) is 0 Å². The molecule has 2 amide bonds. The van der Waals surface area contributed by atoms with Gasteiger partial charge in [0.25, 0.3) is 0 Å². The van der Waals surface area contributed by atoms with Crippen LogP contribution < -0.4 is 0 Å². The highest BCUT2D eigenvalue weighted by atomic mass is 16.6. The van der Waals surface area contributed by atoms with Gasteiger partial charge in [0.2, 0.25) is 5.91 Å². The van der Waals surface area contributed by atoms with E-state index in [1.165, 1.54) is 4.90 Å². The second kappa shape index (κ2) is 7.78. The number of hydrogen-bond acceptors (Lipinski definition) is 5. The fourth-order valence-electron chi connectivity index (χ4n) is 2.10. The van der Waals surface area contributed by atoms with Crippen molar-refractivity contribution in [2.24, 2.45) is 5.92 Å². The molecule has 1 heterocycles. The summed E-state index contributed by atoms with van der Waals surface area (Å²) in [6, 6.07) is -0.384. The SMILES string of the molecule is C[C@H]1C[C@@H](C(=O)N(C)C)N(C(=O)OC(C)(C)C)C1.O=C=O. The number of hydrogen-bond donors (Lipinski definition) is 0. The van der Waals surface area contributed by atoms with E-state index in [2.05, 4.69) is 0 Å². The molecule has 1 aliphatic rings. The number of likely N-dealkylation sites (tertiary alicyclic amines) is 1. The Morgan fingerprint density at radius 3 is 2.10 bits per heavy atom. The third-order valence-electron chi connectivity index (χ3n) is 2.86. The molecule has 0 N–H and O–H groups in total. The summed E-state index contributed by atoms with van der Waals surface area (Å²) >= 11 is 0. The number of nitrogens with zero attached hydrogens (tertiary/aromatic N) is 2. The molecule has 7 heteroatoms. The van der Waals surface area contributed by atoms with Gasteiger partial charge in [0.15, 0.2) is 0 Å². The fourth-order valence-corrected chi connectivity index (χ4v) is 2.10. The summed E-state index contributed by atoms with van der Waals surface area (Å²) in [5.41, 5.74) is -0.533. The number of ether oxygens (including phenoxy) is 1. The van der Waals surface area contributed by atoms with Crippen molar-refractivity contribution in [1.29, 1.82) is 0 Å². The lowest BCUT2D eigenvalue weighted by Gasteiger charge is -2.29. The van der Waals surface area contributed by atoms with Crippen LogP contribution in [0, 0.1) is 5.92 Å². The second-order valence-corrected chi connectivity index (χ2v) is 6.31. The van der Waals surface area contributed by atoms with E-state index in [0.717, 1.165) is 0 Å². The topological polar surface area (TPSA) is 84.0 Å². The van der Waals surface area contributed by atoms with Crippen LogP contribution >= 0.6 is 0 Å². The van der Waals surface area contributed by atoms with Crippen molar-refractivity contribution < 1.29 is 23.9 Å². The van der Waals surface area contributed by atoms with Crippen LogP contribution in [0.2, 0.25) is 0 Å². The number of likely N-dealkylation sites (N-methyl/N-ethyl adjacent to an activating group) is 1. The van der Waals surface area contributed by atoms with E-state index in [1.54, 1.807) is 19.0 Å². The highest BCUT2D eigenvalue weighted by Crippen LogP contribution is 2.26. The lowest BCUT2D eigenvalue weighted by molar-refractivity contribution is -0.191. The second-order valence-electron chi connectivity index (χ2n) is 6.31. The molecule has 0 aromatic carbocycles. The zero-order valence-electron chi connectivity index (χ0n) is 13.5. The lowest BCUT2D eigenvalue weighted by Crippen LogP contribution is -2.47. The van der Waals surface area contributed by atoms with Gasteiger partial charge in [-0.05, 0) is 33.1 Å². The van der Waals surface area contributed by atoms with Gasteiger partial charge in [-0.3, -0.25) is 9.69 Å². The highest BCUT2D eigenvalue weighted by Gasteiger charge is 2.40. The Morgan fingerprint density at radius 1 is 1.24 bits per heavy atom. The van der Waals surface area contributed by atoms with Gasteiger partial charge in [-0.1, -0.05) is 6.92 Å². The average Bonchev–Trinajstić information content (AvgIpc) is 2.69. The minimum absolute atomic E-state index is 0.0368.